The third-order valence-electron chi connectivity index (χ3n) is 5.19. The zero-order valence-electron chi connectivity index (χ0n) is 18.0. The quantitative estimate of drug-likeness (QED) is 0.381. The summed E-state index contributed by atoms with van der Waals surface area (Å²) in [7, 11) is -5.38. The van der Waals surface area contributed by atoms with Crippen LogP contribution in [0, 0.1) is 0 Å². The van der Waals surface area contributed by atoms with Gasteiger partial charge in [0.05, 0.1) is 26.6 Å². The summed E-state index contributed by atoms with van der Waals surface area (Å²) >= 11 is 0. The van der Waals surface area contributed by atoms with E-state index in [1.165, 1.54) is 0 Å². The topological polar surface area (TPSA) is 101 Å². The van der Waals surface area contributed by atoms with Crippen LogP contribution in [0.15, 0.2) is 53.1 Å². The molecular weight excluding hydrogens is 419 g/mol. The highest BCUT2D eigenvalue weighted by molar-refractivity contribution is 7.88. The first-order valence-electron chi connectivity index (χ1n) is 10.6. The smallest absolute Gasteiger partial charge is 0.435 e. The number of nitrogens with zero attached hydrogens (tertiary/aromatic N) is 1. The molecule has 31 heavy (non-hydrogen) atoms. The van der Waals surface area contributed by atoms with Crippen LogP contribution in [-0.4, -0.2) is 61.9 Å². The summed E-state index contributed by atoms with van der Waals surface area (Å²) in [6.07, 6.45) is 1.68. The Hall–Kier alpha value is -2.37. The Morgan fingerprint density at radius 1 is 1.19 bits per heavy atom. The molecule has 164 valence electrons. The zero-order chi connectivity index (χ0) is 22.6. The normalized spacial score (nSPS) is 15.3. The molecule has 0 spiro atoms. The number of hydrogen-bond acceptors (Lipinski definition) is 7. The Labute approximate surface area is 183 Å². The molecule has 0 saturated carbocycles. The van der Waals surface area contributed by atoms with Gasteiger partial charge < -0.3 is 23.7 Å². The number of anilines is 1. The lowest BCUT2D eigenvalue weighted by atomic mass is 9.97. The van der Waals surface area contributed by atoms with E-state index in [2.05, 4.69) is 14.3 Å². The molecule has 2 N–H and O–H groups in total. The van der Waals surface area contributed by atoms with Gasteiger partial charge in [0.15, 0.2) is 0 Å². The van der Waals surface area contributed by atoms with Crippen LogP contribution in [0.2, 0.25) is 0 Å². The summed E-state index contributed by atoms with van der Waals surface area (Å²) in [5.74, 6) is -0.233. The lowest BCUT2D eigenvalue weighted by Gasteiger charge is -2.31. The van der Waals surface area contributed by atoms with Gasteiger partial charge in [-0.05, 0) is 17.7 Å². The van der Waals surface area contributed by atoms with E-state index in [9.17, 15) is 8.42 Å². The molecule has 0 unspecified atom stereocenters. The van der Waals surface area contributed by atoms with Crippen molar-refractivity contribution in [3.8, 4) is 11.1 Å². The van der Waals surface area contributed by atoms with Crippen LogP contribution in [-0.2, 0) is 25.2 Å². The number of para-hydroxylation sites is 1. The highest BCUT2D eigenvalue weighted by Gasteiger charge is 2.23. The zero-order valence-corrected chi connectivity index (χ0v) is 17.8. The maximum Gasteiger partial charge on any atom is 0.435 e. The average Bonchev–Trinajstić information content (AvgIpc) is 3.21. The molecule has 3 aromatic rings. The van der Waals surface area contributed by atoms with Gasteiger partial charge >= 0.3 is 7.65 Å². The van der Waals surface area contributed by atoms with Crippen molar-refractivity contribution in [3.05, 3.63) is 54.3 Å². The standard InChI is InChI=1S/C21H25BN2O6S/c25-22-30-11-8-23-31(26,27)15-16-4-3-6-19(24-9-12-28-13-10-24)21(16)18-14-29-20-7-2-1-5-17(18)20/h1-7,14,22-23,25H,8-13,15H2/i22D. The second kappa shape index (κ2) is 9.84. The van der Waals surface area contributed by atoms with Crippen LogP contribution in [0.25, 0.3) is 22.1 Å². The molecule has 0 radical (unpaired) electrons. The van der Waals surface area contributed by atoms with Crippen molar-refractivity contribution >= 4 is 34.3 Å². The van der Waals surface area contributed by atoms with E-state index < -0.39 is 17.7 Å². The monoisotopic (exact) mass is 445 g/mol. The molecule has 1 saturated heterocycles. The van der Waals surface area contributed by atoms with Crippen molar-refractivity contribution in [2.75, 3.05) is 44.4 Å². The fourth-order valence-electron chi connectivity index (χ4n) is 3.82. The number of nitrogens with one attached hydrogen (secondary N) is 1. The summed E-state index contributed by atoms with van der Waals surface area (Å²) < 4.78 is 50.9. The minimum atomic E-state index is -3.69. The van der Waals surface area contributed by atoms with Crippen molar-refractivity contribution in [2.45, 2.75) is 5.75 Å². The molecule has 0 bridgehead atoms. The fraction of sp³-hybridized carbons (Fsp3) is 0.333. The van der Waals surface area contributed by atoms with Crippen LogP contribution >= 0.6 is 0 Å². The van der Waals surface area contributed by atoms with Gasteiger partial charge in [-0.3, -0.25) is 0 Å². The third kappa shape index (κ3) is 5.11. The van der Waals surface area contributed by atoms with E-state index in [1.807, 2.05) is 42.5 Å². The number of hydrogen-bond donors (Lipinski definition) is 2. The molecule has 0 atom stereocenters. The number of furan rings is 1. The van der Waals surface area contributed by atoms with Gasteiger partial charge in [0.25, 0.3) is 0 Å². The summed E-state index contributed by atoms with van der Waals surface area (Å²) in [4.78, 5) is 2.20. The molecule has 1 aliphatic heterocycles. The van der Waals surface area contributed by atoms with Crippen LogP contribution in [0.1, 0.15) is 5.56 Å². The fourth-order valence-corrected chi connectivity index (χ4v) is 4.97. The number of morpholine rings is 1. The maximum atomic E-state index is 12.8. The second-order valence-corrected chi connectivity index (χ2v) is 8.99. The number of sulfonamides is 1. The van der Waals surface area contributed by atoms with Gasteiger partial charge in [-0.2, -0.15) is 0 Å². The predicted molar refractivity (Wildman–Crippen MR) is 121 cm³/mol. The summed E-state index contributed by atoms with van der Waals surface area (Å²) in [5, 5.41) is 9.76. The molecule has 1 aromatic heterocycles. The van der Waals surface area contributed by atoms with E-state index in [1.54, 1.807) is 6.26 Å². The highest BCUT2D eigenvalue weighted by atomic mass is 32.2. The number of ether oxygens (including phenoxy) is 1. The molecule has 4 rings (SSSR count). The van der Waals surface area contributed by atoms with Crippen molar-refractivity contribution in [3.63, 3.8) is 0 Å². The van der Waals surface area contributed by atoms with Crippen molar-refractivity contribution in [1.29, 1.82) is 1.34 Å². The van der Waals surface area contributed by atoms with Crippen molar-refractivity contribution < 1.29 is 27.3 Å². The third-order valence-corrected chi connectivity index (χ3v) is 6.53. The Bertz CT molecular complexity index is 1160. The lowest BCUT2D eigenvalue weighted by Crippen LogP contribution is -2.36. The Morgan fingerprint density at radius 2 is 2.00 bits per heavy atom. The van der Waals surface area contributed by atoms with Gasteiger partial charge in [-0.25, -0.2) is 13.1 Å². The molecule has 1 fully saturated rings. The highest BCUT2D eigenvalue weighted by Crippen LogP contribution is 2.40. The number of benzene rings is 2. The van der Waals surface area contributed by atoms with Gasteiger partial charge in [-0.15, -0.1) is 0 Å². The molecular formula is C21H25BN2O6S. The summed E-state index contributed by atoms with van der Waals surface area (Å²) in [5.41, 5.74) is 3.98. The molecule has 1 aliphatic rings. The van der Waals surface area contributed by atoms with E-state index in [0.29, 0.717) is 31.9 Å². The minimum Gasteiger partial charge on any atom is -0.464 e. The summed E-state index contributed by atoms with van der Waals surface area (Å²) in [6.45, 7) is 2.51. The van der Waals surface area contributed by atoms with Gasteiger partial charge in [0.1, 0.15) is 5.58 Å². The maximum absolute atomic E-state index is 12.8. The van der Waals surface area contributed by atoms with Crippen molar-refractivity contribution in [2.24, 2.45) is 0 Å². The van der Waals surface area contributed by atoms with Gasteiger partial charge in [0, 0.05) is 48.4 Å². The van der Waals surface area contributed by atoms with Gasteiger partial charge in [0.2, 0.25) is 10.0 Å². The van der Waals surface area contributed by atoms with Gasteiger partial charge in [-0.1, -0.05) is 30.3 Å². The van der Waals surface area contributed by atoms with E-state index >= 15 is 0 Å². The van der Waals surface area contributed by atoms with Crippen LogP contribution < -0.4 is 9.62 Å². The molecule has 10 heteroatoms. The molecule has 0 aliphatic carbocycles. The van der Waals surface area contributed by atoms with Crippen LogP contribution in [0.4, 0.5) is 5.69 Å². The lowest BCUT2D eigenvalue weighted by molar-refractivity contribution is 0.123. The van der Waals surface area contributed by atoms with Crippen LogP contribution in [0.3, 0.4) is 0 Å². The largest absolute Gasteiger partial charge is 0.464 e. The number of fused-ring (bicyclic) bond motifs is 1. The average molecular weight is 445 g/mol. The van der Waals surface area contributed by atoms with E-state index in [4.69, 9.17) is 15.5 Å². The first-order valence-corrected chi connectivity index (χ1v) is 11.7. The molecule has 8 nitrogen and oxygen atoms in total. The first kappa shape index (κ1) is 20.5. The van der Waals surface area contributed by atoms with E-state index in [-0.39, 0.29) is 18.9 Å². The molecule has 2 aromatic carbocycles. The number of rotatable bonds is 9. The van der Waals surface area contributed by atoms with E-state index in [0.717, 1.165) is 27.8 Å². The minimum absolute atomic E-state index is 0.0363. The molecule has 2 heterocycles. The predicted octanol–water partition coefficient (Wildman–Crippen LogP) is 1.63. The Balaban J connectivity index is 1.71. The first-order chi connectivity index (χ1) is 15.4. The van der Waals surface area contributed by atoms with Crippen molar-refractivity contribution in [1.82, 2.24) is 4.72 Å². The molecule has 0 amide bonds. The second-order valence-electron chi connectivity index (χ2n) is 7.19. The Kier molecular flexibility index (Phi) is 6.52. The van der Waals surface area contributed by atoms with Crippen LogP contribution in [0.5, 0.6) is 0 Å². The SMILES string of the molecule is [2H]B(O)OCCNS(=O)(=O)Cc1cccc(N2CCOCC2)c1-c1coc2ccccc12. The summed E-state index contributed by atoms with van der Waals surface area (Å²) in [6, 6.07) is 13.3. The Morgan fingerprint density at radius 3 is 2.81 bits per heavy atom.